The van der Waals surface area contributed by atoms with E-state index in [9.17, 15) is 14.4 Å². The van der Waals surface area contributed by atoms with E-state index in [0.29, 0.717) is 11.0 Å². The van der Waals surface area contributed by atoms with Crippen LogP contribution < -0.4 is 10.6 Å². The molecule has 0 heterocycles. The van der Waals surface area contributed by atoms with Gasteiger partial charge in [-0.2, -0.15) is 0 Å². The van der Waals surface area contributed by atoms with Gasteiger partial charge in [0.2, 0.25) is 5.91 Å². The largest absolute Gasteiger partial charge is 0.465 e. The molecule has 2 amide bonds. The molecule has 0 spiro atoms. The van der Waals surface area contributed by atoms with Gasteiger partial charge in [-0.3, -0.25) is 14.4 Å². The molecule has 0 unspecified atom stereocenters. The van der Waals surface area contributed by atoms with E-state index < -0.39 is 12.0 Å². The van der Waals surface area contributed by atoms with Crippen LogP contribution in [-0.2, 0) is 19.7 Å². The van der Waals surface area contributed by atoms with Crippen molar-refractivity contribution in [3.63, 3.8) is 0 Å². The van der Waals surface area contributed by atoms with Crippen LogP contribution in [-0.4, -0.2) is 37.0 Å². The summed E-state index contributed by atoms with van der Waals surface area (Å²) >= 11 is 0. The van der Waals surface area contributed by atoms with Gasteiger partial charge in [-0.15, -0.1) is 0 Å². The molecule has 4 aliphatic rings. The van der Waals surface area contributed by atoms with Gasteiger partial charge in [0.25, 0.3) is 5.91 Å². The molecule has 1 atom stereocenters. The van der Waals surface area contributed by atoms with Crippen LogP contribution in [0.15, 0.2) is 24.3 Å². The molecule has 0 saturated heterocycles. The maximum atomic E-state index is 12.9. The quantitative estimate of drug-likeness (QED) is 0.605. The van der Waals surface area contributed by atoms with Crippen LogP contribution in [0.25, 0.3) is 0 Å². The zero-order chi connectivity index (χ0) is 22.9. The van der Waals surface area contributed by atoms with Gasteiger partial charge in [0.15, 0.2) is 0 Å². The van der Waals surface area contributed by atoms with Gasteiger partial charge in [-0.25, -0.2) is 0 Å². The standard InChI is InChI=1S/C26H36N2O4/c1-4-32-22(29)15-27-25(31)23(16(2)3)28-24(30)20-5-7-21(8-6-20)26-12-17-9-18(13-26)11-19(10-17)14-26/h5-8,16-19,23H,4,9-15H2,1-3H3,(H,27,31)(H,28,30)/t17?,18?,19?,23-,26?/m0/s1. The van der Waals surface area contributed by atoms with Crippen LogP contribution >= 0.6 is 0 Å². The van der Waals surface area contributed by atoms with Crippen molar-refractivity contribution in [2.24, 2.45) is 23.7 Å². The van der Waals surface area contributed by atoms with Crippen molar-refractivity contribution in [1.82, 2.24) is 10.6 Å². The van der Waals surface area contributed by atoms with Gasteiger partial charge in [0.05, 0.1) is 6.61 Å². The molecule has 4 fully saturated rings. The zero-order valence-corrected chi connectivity index (χ0v) is 19.5. The number of nitrogens with one attached hydrogen (secondary N) is 2. The van der Waals surface area contributed by atoms with E-state index >= 15 is 0 Å². The minimum atomic E-state index is -0.722. The van der Waals surface area contributed by atoms with E-state index in [1.165, 1.54) is 44.1 Å². The highest BCUT2D eigenvalue weighted by Gasteiger charge is 2.51. The molecule has 2 N–H and O–H groups in total. The smallest absolute Gasteiger partial charge is 0.325 e. The molecule has 1 aromatic carbocycles. The highest BCUT2D eigenvalue weighted by Crippen LogP contribution is 2.60. The Morgan fingerprint density at radius 2 is 1.56 bits per heavy atom. The van der Waals surface area contributed by atoms with Crippen molar-refractivity contribution in [2.45, 2.75) is 70.8 Å². The van der Waals surface area contributed by atoms with E-state index in [1.807, 2.05) is 26.0 Å². The lowest BCUT2D eigenvalue weighted by Crippen LogP contribution is -2.50. The summed E-state index contributed by atoms with van der Waals surface area (Å²) < 4.78 is 4.84. The number of rotatable bonds is 8. The Balaban J connectivity index is 1.39. The SMILES string of the molecule is CCOC(=O)CNC(=O)[C@@H](NC(=O)c1ccc(C23CC4CC(CC(C4)C2)C3)cc1)C(C)C. The molecule has 6 nitrogen and oxygen atoms in total. The minimum Gasteiger partial charge on any atom is -0.465 e. The van der Waals surface area contributed by atoms with E-state index in [-0.39, 0.29) is 30.9 Å². The normalized spacial score (nSPS) is 28.9. The Morgan fingerprint density at radius 1 is 1.00 bits per heavy atom. The maximum Gasteiger partial charge on any atom is 0.325 e. The number of esters is 1. The fourth-order valence-electron chi connectivity index (χ4n) is 6.68. The van der Waals surface area contributed by atoms with Gasteiger partial charge in [-0.05, 0) is 92.2 Å². The van der Waals surface area contributed by atoms with Crippen molar-refractivity contribution < 1.29 is 19.1 Å². The Hall–Kier alpha value is -2.37. The third-order valence-electron chi connectivity index (χ3n) is 7.75. The monoisotopic (exact) mass is 440 g/mol. The lowest BCUT2D eigenvalue weighted by molar-refractivity contribution is -0.143. The second kappa shape index (κ2) is 9.24. The molecule has 1 aromatic rings. The van der Waals surface area contributed by atoms with Crippen LogP contribution in [0.5, 0.6) is 0 Å². The second-order valence-electron chi connectivity index (χ2n) is 10.5. The molecule has 0 aromatic heterocycles. The average Bonchev–Trinajstić information content (AvgIpc) is 2.75. The molecule has 4 aliphatic carbocycles. The first-order valence-corrected chi connectivity index (χ1v) is 12.1. The summed E-state index contributed by atoms with van der Waals surface area (Å²) in [6.45, 7) is 5.51. The Labute approximate surface area is 190 Å². The Bertz CT molecular complexity index is 826. The highest BCUT2D eigenvalue weighted by atomic mass is 16.5. The summed E-state index contributed by atoms with van der Waals surface area (Å²) in [5.41, 5.74) is 2.24. The van der Waals surface area contributed by atoms with E-state index in [2.05, 4.69) is 22.8 Å². The number of benzene rings is 1. The number of carbonyl (C=O) groups excluding carboxylic acids is 3. The van der Waals surface area contributed by atoms with Gasteiger partial charge in [0, 0.05) is 5.56 Å². The van der Waals surface area contributed by atoms with Crippen LogP contribution in [0, 0.1) is 23.7 Å². The second-order valence-corrected chi connectivity index (χ2v) is 10.5. The topological polar surface area (TPSA) is 84.5 Å². The minimum absolute atomic E-state index is 0.118. The lowest BCUT2D eigenvalue weighted by Gasteiger charge is -2.57. The summed E-state index contributed by atoms with van der Waals surface area (Å²) in [5.74, 6) is 1.37. The first-order chi connectivity index (χ1) is 15.3. The van der Waals surface area contributed by atoms with E-state index in [4.69, 9.17) is 4.74 Å². The van der Waals surface area contributed by atoms with Gasteiger partial charge in [0.1, 0.15) is 12.6 Å². The van der Waals surface area contributed by atoms with Gasteiger partial charge < -0.3 is 15.4 Å². The molecule has 174 valence electrons. The first kappa shape index (κ1) is 22.8. The molecule has 6 heteroatoms. The van der Waals surface area contributed by atoms with Crippen LogP contribution in [0.2, 0.25) is 0 Å². The van der Waals surface area contributed by atoms with Gasteiger partial charge >= 0.3 is 5.97 Å². The summed E-state index contributed by atoms with van der Waals surface area (Å²) in [6, 6.07) is 7.34. The summed E-state index contributed by atoms with van der Waals surface area (Å²) in [6.07, 6.45) is 8.11. The fourth-order valence-corrected chi connectivity index (χ4v) is 6.68. The molecule has 32 heavy (non-hydrogen) atoms. The predicted molar refractivity (Wildman–Crippen MR) is 122 cm³/mol. The molecule has 4 bridgehead atoms. The van der Waals surface area contributed by atoms with Crippen molar-refractivity contribution in [2.75, 3.05) is 13.2 Å². The third kappa shape index (κ3) is 4.69. The third-order valence-corrected chi connectivity index (χ3v) is 7.75. The van der Waals surface area contributed by atoms with Crippen molar-refractivity contribution in [3.8, 4) is 0 Å². The molecular weight excluding hydrogens is 404 g/mol. The lowest BCUT2D eigenvalue weighted by atomic mass is 9.48. The number of ether oxygens (including phenoxy) is 1. The Kier molecular flexibility index (Phi) is 6.59. The molecule has 0 radical (unpaired) electrons. The van der Waals surface area contributed by atoms with Crippen LogP contribution in [0.3, 0.4) is 0 Å². The van der Waals surface area contributed by atoms with Crippen LogP contribution in [0.1, 0.15) is 75.2 Å². The maximum absolute atomic E-state index is 12.9. The Morgan fingerprint density at radius 3 is 2.06 bits per heavy atom. The summed E-state index contributed by atoms with van der Waals surface area (Å²) in [7, 11) is 0. The molecule has 4 saturated carbocycles. The van der Waals surface area contributed by atoms with E-state index in [0.717, 1.165) is 17.8 Å². The first-order valence-electron chi connectivity index (χ1n) is 12.1. The number of hydrogen-bond acceptors (Lipinski definition) is 4. The summed E-state index contributed by atoms with van der Waals surface area (Å²) in [5, 5.41) is 5.40. The van der Waals surface area contributed by atoms with Gasteiger partial charge in [-0.1, -0.05) is 26.0 Å². The van der Waals surface area contributed by atoms with Crippen molar-refractivity contribution in [3.05, 3.63) is 35.4 Å². The summed E-state index contributed by atoms with van der Waals surface area (Å²) in [4.78, 5) is 36.9. The zero-order valence-electron chi connectivity index (χ0n) is 19.5. The highest BCUT2D eigenvalue weighted by molar-refractivity contribution is 5.98. The number of hydrogen-bond donors (Lipinski definition) is 2. The van der Waals surface area contributed by atoms with Crippen molar-refractivity contribution >= 4 is 17.8 Å². The molecule has 5 rings (SSSR count). The average molecular weight is 441 g/mol. The molecule has 0 aliphatic heterocycles. The number of carbonyl (C=O) groups is 3. The van der Waals surface area contributed by atoms with Crippen LogP contribution in [0.4, 0.5) is 0 Å². The van der Waals surface area contributed by atoms with Crippen molar-refractivity contribution in [1.29, 1.82) is 0 Å². The predicted octanol–water partition coefficient (Wildman–Crippen LogP) is 3.59. The number of amides is 2. The fraction of sp³-hybridized carbons (Fsp3) is 0.654. The van der Waals surface area contributed by atoms with E-state index in [1.54, 1.807) is 6.92 Å². The molecular formula is C26H36N2O4.